The Morgan fingerprint density at radius 2 is 0.253 bits per heavy atom. The van der Waals surface area contributed by atoms with Crippen molar-refractivity contribution in [2.45, 2.75) is 44.9 Å². The number of rotatable bonds is 92. The van der Waals surface area contributed by atoms with Crippen LogP contribution in [0.4, 0.5) is 0 Å². The first kappa shape index (κ1) is 107. The SMILES string of the molecule is SCCSCCSCCSCCCOCC(COCCCOCC(COCCCSCCSCCSCCS)(COCCCSCCSCCSCCS)COCCCSCCSCCSCCS)(COCCCSCCSCCSCCS)COCCCSCCSCCSCCS. The highest BCUT2D eigenvalue weighted by atomic mass is 32.2. The average Bonchev–Trinajstić information content (AvgIpc) is 0.900. The van der Waals surface area contributed by atoms with Crippen LogP contribution in [0.15, 0.2) is 0 Å². The van der Waals surface area contributed by atoms with Gasteiger partial charge in [-0.05, 0) is 114 Å². The Morgan fingerprint density at radius 1 is 0.141 bits per heavy atom. The van der Waals surface area contributed by atoms with Crippen LogP contribution in [0.25, 0.3) is 0 Å². The van der Waals surface area contributed by atoms with Crippen LogP contribution in [0.3, 0.4) is 0 Å². The minimum atomic E-state index is -0.423. The van der Waals surface area contributed by atoms with Crippen LogP contribution in [0, 0.1) is 10.8 Å². The normalized spacial score (nSPS) is 12.2. The predicted molar refractivity (Wildman–Crippen MR) is 519 cm³/mol. The molecule has 0 N–H and O–H groups in total. The molecule has 99 heavy (non-hydrogen) atoms. The van der Waals surface area contributed by atoms with E-state index in [0.29, 0.717) is 66.1 Å². The summed E-state index contributed by atoms with van der Waals surface area (Å²) in [6, 6.07) is 0. The highest BCUT2D eigenvalue weighted by Gasteiger charge is 2.34. The fraction of sp³-hybridized carbons (Fsp3) is 1.00. The van der Waals surface area contributed by atoms with Gasteiger partial charge in [0, 0.05) is 225 Å². The quantitative estimate of drug-likeness (QED) is 0.0258. The first-order chi connectivity index (χ1) is 49.1. The van der Waals surface area contributed by atoms with Gasteiger partial charge in [0.15, 0.2) is 0 Å². The van der Waals surface area contributed by atoms with Crippen LogP contribution in [0.5, 0.6) is 0 Å². The second kappa shape index (κ2) is 94.9. The third kappa shape index (κ3) is 85.3. The van der Waals surface area contributed by atoms with Crippen LogP contribution >= 0.6 is 287 Å². The lowest BCUT2D eigenvalue weighted by Crippen LogP contribution is -2.42. The molecule has 0 saturated carbocycles. The van der Waals surface area contributed by atoms with Gasteiger partial charge in [0.25, 0.3) is 0 Å². The molecule has 0 rings (SSSR count). The molecule has 0 fully saturated rings. The second-order valence-electron chi connectivity index (χ2n) is 22.3. The van der Waals surface area contributed by atoms with E-state index in [4.69, 9.17) is 37.9 Å². The molecule has 32 heteroatoms. The van der Waals surface area contributed by atoms with Crippen molar-refractivity contribution in [3.63, 3.8) is 0 Å². The number of thiol groups is 6. The van der Waals surface area contributed by atoms with Crippen molar-refractivity contribution >= 4 is 287 Å². The maximum atomic E-state index is 6.73. The maximum Gasteiger partial charge on any atom is 0.0637 e. The molecule has 0 aromatic rings. The third-order valence-corrected chi connectivity index (χ3v) is 37.7. The van der Waals surface area contributed by atoms with E-state index >= 15 is 0 Å². The Labute approximate surface area is 719 Å². The molecule has 0 aliphatic carbocycles. The molecule has 0 saturated heterocycles. The van der Waals surface area contributed by atoms with E-state index in [0.717, 1.165) is 188 Å². The highest BCUT2D eigenvalue weighted by molar-refractivity contribution is 8.07. The predicted octanol–water partition coefficient (Wildman–Crippen LogP) is 18.6. The van der Waals surface area contributed by atoms with E-state index in [9.17, 15) is 0 Å². The van der Waals surface area contributed by atoms with Crippen molar-refractivity contribution in [3.05, 3.63) is 0 Å². The standard InChI is InChI=1S/C67H136O8S24/c76-16-28-88-40-52-94-46-34-82-22-2-10-70-60-66(61-71-11-3-23-83-35-47-95-53-41-89-29-17-77,62-72-12-4-24-84-36-48-96-54-42-90-30-18-78)58-68-8-1-9-69-59-67(63-73-13-5-25-85-37-49-97-55-43-91-31-19-79,64-74-14-6-26-86-38-50-98-56-44-92-32-20-80)65-75-15-7-27-87-39-51-99-57-45-93-33-21-81/h76-81H,1-65H2. The molecule has 0 aliphatic rings. The lowest BCUT2D eigenvalue weighted by molar-refractivity contribution is -0.114. The lowest BCUT2D eigenvalue weighted by Gasteiger charge is -2.33. The lowest BCUT2D eigenvalue weighted by atomic mass is 9.92. The molecule has 0 heterocycles. The second-order valence-corrected chi connectivity index (χ2v) is 47.0. The fourth-order valence-corrected chi connectivity index (χ4v) is 28.3. The Balaban J connectivity index is 6.14. The zero-order chi connectivity index (χ0) is 71.3. The number of ether oxygens (including phenoxy) is 8. The molecule has 0 aliphatic heterocycles. The zero-order valence-electron chi connectivity index (χ0n) is 60.3. The summed E-state index contributed by atoms with van der Waals surface area (Å²) >= 11 is 62.9. The summed E-state index contributed by atoms with van der Waals surface area (Å²) in [6.45, 7) is 9.77. The molecular weight excluding hydrogens is 1700 g/mol. The van der Waals surface area contributed by atoms with Crippen molar-refractivity contribution in [2.24, 2.45) is 10.8 Å². The van der Waals surface area contributed by atoms with Gasteiger partial charge in [-0.1, -0.05) is 0 Å². The van der Waals surface area contributed by atoms with Crippen molar-refractivity contribution in [1.29, 1.82) is 0 Å². The van der Waals surface area contributed by atoms with Gasteiger partial charge in [0.1, 0.15) is 0 Å². The minimum Gasteiger partial charge on any atom is -0.381 e. The Bertz CT molecular complexity index is 1240. The van der Waals surface area contributed by atoms with Gasteiger partial charge in [0.2, 0.25) is 0 Å². The van der Waals surface area contributed by atoms with Crippen molar-refractivity contribution in [2.75, 3.05) is 347 Å². The Hall–Kier alpha value is 8.08. The smallest absolute Gasteiger partial charge is 0.0637 e. The highest BCUT2D eigenvalue weighted by Crippen LogP contribution is 2.26. The van der Waals surface area contributed by atoms with E-state index in [1.54, 1.807) is 0 Å². The van der Waals surface area contributed by atoms with E-state index in [1.165, 1.54) is 138 Å². The van der Waals surface area contributed by atoms with Crippen molar-refractivity contribution < 1.29 is 37.9 Å². The summed E-state index contributed by atoms with van der Waals surface area (Å²) in [6.07, 6.45) is 6.94. The van der Waals surface area contributed by atoms with Crippen molar-refractivity contribution in [3.8, 4) is 0 Å². The molecule has 0 atom stereocenters. The van der Waals surface area contributed by atoms with E-state index < -0.39 is 10.8 Å². The van der Waals surface area contributed by atoms with Gasteiger partial charge in [-0.3, -0.25) is 0 Å². The van der Waals surface area contributed by atoms with E-state index in [1.807, 2.05) is 141 Å². The largest absolute Gasteiger partial charge is 0.381 e. The topological polar surface area (TPSA) is 73.8 Å². The molecule has 0 aromatic carbocycles. The molecular formula is C67H136O8S24. The number of thioether (sulfide) groups is 18. The molecule has 0 radical (unpaired) electrons. The molecule has 0 spiro atoms. The van der Waals surface area contributed by atoms with E-state index in [-0.39, 0.29) is 0 Å². The molecule has 0 bridgehead atoms. The average molecular weight is 1840 g/mol. The van der Waals surface area contributed by atoms with Gasteiger partial charge in [-0.15, -0.1) is 0 Å². The van der Waals surface area contributed by atoms with Crippen molar-refractivity contribution in [1.82, 2.24) is 0 Å². The third-order valence-electron chi connectivity index (χ3n) is 13.2. The maximum absolute atomic E-state index is 6.73. The molecule has 0 aromatic heterocycles. The van der Waals surface area contributed by atoms with Crippen LogP contribution < -0.4 is 0 Å². The van der Waals surface area contributed by atoms with Crippen LogP contribution in [-0.4, -0.2) is 347 Å². The molecule has 0 unspecified atom stereocenters. The van der Waals surface area contributed by atoms with Gasteiger partial charge in [0.05, 0.1) is 63.7 Å². The van der Waals surface area contributed by atoms with Gasteiger partial charge in [-0.2, -0.15) is 287 Å². The first-order valence-corrected chi connectivity index (χ1v) is 60.3. The van der Waals surface area contributed by atoms with Crippen LogP contribution in [-0.2, 0) is 37.9 Å². The minimum absolute atomic E-state index is 0.423. The number of hydrogen-bond acceptors (Lipinski definition) is 32. The Kier molecular flexibility index (Phi) is 103. The van der Waals surface area contributed by atoms with Crippen LogP contribution in [0.1, 0.15) is 44.9 Å². The zero-order valence-corrected chi connectivity index (χ0v) is 80.3. The first-order valence-electron chi connectivity index (χ1n) is 35.7. The summed E-state index contributed by atoms with van der Waals surface area (Å²) in [5.74, 6) is 48.2. The fourth-order valence-electron chi connectivity index (χ4n) is 8.29. The Morgan fingerprint density at radius 3 is 0.384 bits per heavy atom. The van der Waals surface area contributed by atoms with Gasteiger partial charge >= 0.3 is 0 Å². The number of hydrogen-bond donors (Lipinski definition) is 6. The van der Waals surface area contributed by atoms with Gasteiger partial charge < -0.3 is 37.9 Å². The summed E-state index contributed by atoms with van der Waals surface area (Å²) in [4.78, 5) is 0. The van der Waals surface area contributed by atoms with Crippen LogP contribution in [0.2, 0.25) is 0 Å². The summed E-state index contributed by atoms with van der Waals surface area (Å²) in [7, 11) is 0. The van der Waals surface area contributed by atoms with E-state index in [2.05, 4.69) is 146 Å². The molecule has 8 nitrogen and oxygen atoms in total. The monoisotopic (exact) mass is 1840 g/mol. The summed E-state index contributed by atoms with van der Waals surface area (Å²) in [5, 5.41) is 0. The molecule has 596 valence electrons. The molecule has 0 amide bonds. The van der Waals surface area contributed by atoms with Gasteiger partial charge in [-0.25, -0.2) is 0 Å². The summed E-state index contributed by atoms with van der Waals surface area (Å²) < 4.78 is 53.3. The summed E-state index contributed by atoms with van der Waals surface area (Å²) in [5.41, 5.74) is -0.846.